The molecule has 1 amide bonds. The minimum absolute atomic E-state index is 0.0533. The smallest absolute Gasteiger partial charge is 0.316 e. The molecule has 0 spiro atoms. The average molecular weight is 405 g/mol. The van der Waals surface area contributed by atoms with Crippen molar-refractivity contribution in [3.63, 3.8) is 0 Å². The molecular weight excluding hydrogens is 378 g/mol. The van der Waals surface area contributed by atoms with E-state index in [1.807, 2.05) is 11.8 Å². The zero-order chi connectivity index (χ0) is 21.4. The molecule has 1 aromatic heterocycles. The van der Waals surface area contributed by atoms with Crippen LogP contribution in [0.15, 0.2) is 52.1 Å². The summed E-state index contributed by atoms with van der Waals surface area (Å²) in [4.78, 5) is 41.9. The van der Waals surface area contributed by atoms with Crippen LogP contribution >= 0.6 is 0 Å². The van der Waals surface area contributed by atoms with Gasteiger partial charge in [0.2, 0.25) is 0 Å². The van der Waals surface area contributed by atoms with Crippen LogP contribution < -0.4 is 11.1 Å². The molecule has 0 bridgehead atoms. The zero-order valence-corrected chi connectivity index (χ0v) is 17.6. The van der Waals surface area contributed by atoms with Crippen molar-refractivity contribution in [2.75, 3.05) is 0 Å². The number of fused-ring (bicyclic) bond motifs is 1. The lowest BCUT2D eigenvalue weighted by Crippen LogP contribution is -2.36. The van der Waals surface area contributed by atoms with Crippen molar-refractivity contribution in [2.24, 2.45) is 0 Å². The number of amides is 1. The van der Waals surface area contributed by atoms with Crippen LogP contribution in [0.2, 0.25) is 0 Å². The monoisotopic (exact) mass is 405 g/mol. The first-order valence-corrected chi connectivity index (χ1v) is 10.6. The maximum Gasteiger partial charge on any atom is 0.316 e. The van der Waals surface area contributed by atoms with E-state index in [2.05, 4.69) is 43.1 Å². The molecule has 6 nitrogen and oxygen atoms in total. The minimum atomic E-state index is -0.668. The highest BCUT2D eigenvalue weighted by atomic mass is 16.2. The molecule has 1 aliphatic rings. The predicted octanol–water partition coefficient (Wildman–Crippen LogP) is 3.64. The second-order valence-corrected chi connectivity index (χ2v) is 8.30. The van der Waals surface area contributed by atoms with Crippen molar-refractivity contribution < 1.29 is 4.79 Å². The second-order valence-electron chi connectivity index (χ2n) is 8.30. The van der Waals surface area contributed by atoms with Gasteiger partial charge in [0.25, 0.3) is 5.91 Å². The van der Waals surface area contributed by atoms with Crippen LogP contribution in [0, 0.1) is 0 Å². The predicted molar refractivity (Wildman–Crippen MR) is 118 cm³/mol. The largest absolute Gasteiger partial charge is 0.331 e. The Hall–Kier alpha value is -3.15. The third kappa shape index (κ3) is 3.82. The van der Waals surface area contributed by atoms with Crippen LogP contribution in [0.25, 0.3) is 11.0 Å². The molecule has 4 rings (SSSR count). The normalized spacial score (nSPS) is 13.7. The van der Waals surface area contributed by atoms with E-state index in [9.17, 15) is 14.4 Å². The first kappa shape index (κ1) is 20.1. The number of carbonyl (C=O) groups excluding carboxylic acids is 1. The van der Waals surface area contributed by atoms with E-state index in [-0.39, 0.29) is 11.9 Å². The van der Waals surface area contributed by atoms with Crippen molar-refractivity contribution in [1.82, 2.24) is 14.5 Å². The molecule has 1 heterocycles. The van der Waals surface area contributed by atoms with Crippen LogP contribution in [0.4, 0.5) is 0 Å². The molecule has 1 aliphatic carbocycles. The molecule has 156 valence electrons. The van der Waals surface area contributed by atoms with Crippen LogP contribution in [0.1, 0.15) is 61.0 Å². The van der Waals surface area contributed by atoms with Gasteiger partial charge in [-0.25, -0.2) is 0 Å². The summed E-state index contributed by atoms with van der Waals surface area (Å²) in [7, 11) is 0. The number of benzene rings is 2. The molecule has 0 atom stereocenters. The molecule has 1 saturated carbocycles. The van der Waals surface area contributed by atoms with Crippen LogP contribution in [-0.2, 0) is 13.1 Å². The van der Waals surface area contributed by atoms with Crippen LogP contribution in [0.3, 0.4) is 0 Å². The van der Waals surface area contributed by atoms with Gasteiger partial charge in [-0.1, -0.05) is 38.1 Å². The van der Waals surface area contributed by atoms with E-state index in [1.54, 1.807) is 18.2 Å². The Morgan fingerprint density at radius 1 is 1.13 bits per heavy atom. The number of H-pyrrole nitrogens is 1. The van der Waals surface area contributed by atoms with Gasteiger partial charge in [-0.2, -0.15) is 0 Å². The standard InChI is InChI=1S/C24H27N3O3/c1-4-26-21-12-9-18(13-20(21)25-22(28)24(26)30)23(29)27(19-10-11-19)14-16-5-7-17(8-6-16)15(2)3/h5-9,12-13,15,19H,4,10-11,14H2,1-3H3,(H,25,28). The maximum atomic E-state index is 13.3. The molecule has 0 aliphatic heterocycles. The van der Waals surface area contributed by atoms with Gasteiger partial charge in [-0.3, -0.25) is 14.4 Å². The lowest BCUT2D eigenvalue weighted by molar-refractivity contribution is 0.0730. The third-order valence-electron chi connectivity index (χ3n) is 5.79. The Morgan fingerprint density at radius 3 is 2.43 bits per heavy atom. The number of hydrogen-bond acceptors (Lipinski definition) is 3. The van der Waals surface area contributed by atoms with Gasteiger partial charge in [-0.15, -0.1) is 0 Å². The van der Waals surface area contributed by atoms with Crippen LogP contribution in [-0.4, -0.2) is 26.4 Å². The first-order valence-electron chi connectivity index (χ1n) is 10.6. The van der Waals surface area contributed by atoms with Gasteiger partial charge >= 0.3 is 11.1 Å². The van der Waals surface area contributed by atoms with Gasteiger partial charge in [-0.05, 0) is 55.0 Å². The number of aromatic amines is 1. The van der Waals surface area contributed by atoms with Crippen molar-refractivity contribution >= 4 is 16.9 Å². The fraction of sp³-hybridized carbons (Fsp3) is 0.375. The van der Waals surface area contributed by atoms with Gasteiger partial charge in [0.15, 0.2) is 0 Å². The van der Waals surface area contributed by atoms with Crippen molar-refractivity contribution in [2.45, 2.75) is 58.7 Å². The lowest BCUT2D eigenvalue weighted by Gasteiger charge is -2.23. The number of aryl methyl sites for hydroxylation is 1. The first-order chi connectivity index (χ1) is 14.4. The Labute approximate surface area is 175 Å². The summed E-state index contributed by atoms with van der Waals surface area (Å²) >= 11 is 0. The van der Waals surface area contributed by atoms with E-state index >= 15 is 0 Å². The lowest BCUT2D eigenvalue weighted by atomic mass is 10.0. The Bertz CT molecular complexity index is 1200. The van der Waals surface area contributed by atoms with E-state index < -0.39 is 11.1 Å². The molecule has 0 saturated heterocycles. The summed E-state index contributed by atoms with van der Waals surface area (Å²) in [6.07, 6.45) is 2.02. The maximum absolute atomic E-state index is 13.3. The quantitative estimate of drug-likeness (QED) is 0.636. The molecule has 0 unspecified atom stereocenters. The van der Waals surface area contributed by atoms with E-state index in [4.69, 9.17) is 0 Å². The fourth-order valence-electron chi connectivity index (χ4n) is 3.85. The molecule has 30 heavy (non-hydrogen) atoms. The Balaban J connectivity index is 1.65. The number of hydrogen-bond donors (Lipinski definition) is 1. The summed E-state index contributed by atoms with van der Waals surface area (Å²) in [5.74, 6) is 0.419. The molecule has 6 heteroatoms. The third-order valence-corrected chi connectivity index (χ3v) is 5.79. The second kappa shape index (κ2) is 7.94. The van der Waals surface area contributed by atoms with Gasteiger partial charge in [0, 0.05) is 24.7 Å². The molecule has 3 aromatic rings. The average Bonchev–Trinajstić information content (AvgIpc) is 3.57. The molecule has 1 N–H and O–H groups in total. The summed E-state index contributed by atoms with van der Waals surface area (Å²) in [6.45, 7) is 7.10. The topological polar surface area (TPSA) is 75.2 Å². The van der Waals surface area contributed by atoms with Crippen molar-refractivity contribution in [3.05, 3.63) is 79.9 Å². The summed E-state index contributed by atoms with van der Waals surface area (Å²) in [5.41, 5.74) is 2.79. The number of rotatable bonds is 6. The van der Waals surface area contributed by atoms with Gasteiger partial charge in [0.05, 0.1) is 11.0 Å². The number of nitrogens with zero attached hydrogens (tertiary/aromatic N) is 2. The van der Waals surface area contributed by atoms with Crippen LogP contribution in [0.5, 0.6) is 0 Å². The Kier molecular flexibility index (Phi) is 5.33. The molecular formula is C24H27N3O3. The zero-order valence-electron chi connectivity index (χ0n) is 17.6. The minimum Gasteiger partial charge on any atom is -0.331 e. The molecule has 1 fully saturated rings. The van der Waals surface area contributed by atoms with Crippen molar-refractivity contribution in [3.8, 4) is 0 Å². The van der Waals surface area contributed by atoms with E-state index in [0.717, 1.165) is 18.4 Å². The van der Waals surface area contributed by atoms with E-state index in [1.165, 1.54) is 10.1 Å². The highest BCUT2D eigenvalue weighted by molar-refractivity contribution is 5.97. The van der Waals surface area contributed by atoms with Gasteiger partial charge < -0.3 is 14.5 Å². The number of carbonyl (C=O) groups is 1. The number of nitrogens with one attached hydrogen (secondary N) is 1. The summed E-state index contributed by atoms with van der Waals surface area (Å²) in [6, 6.07) is 13.9. The highest BCUT2D eigenvalue weighted by Gasteiger charge is 2.33. The number of aromatic nitrogens is 2. The molecule has 0 radical (unpaired) electrons. The highest BCUT2D eigenvalue weighted by Crippen LogP contribution is 2.30. The van der Waals surface area contributed by atoms with Crippen molar-refractivity contribution in [1.29, 1.82) is 0 Å². The SMILES string of the molecule is CCn1c(=O)c(=O)[nH]c2cc(C(=O)N(Cc3ccc(C(C)C)cc3)C3CC3)ccc21. The Morgan fingerprint density at radius 2 is 1.83 bits per heavy atom. The fourth-order valence-corrected chi connectivity index (χ4v) is 3.85. The molecule has 2 aromatic carbocycles. The summed E-state index contributed by atoms with van der Waals surface area (Å²) in [5, 5.41) is 0. The summed E-state index contributed by atoms with van der Waals surface area (Å²) < 4.78 is 1.43. The van der Waals surface area contributed by atoms with E-state index in [0.29, 0.717) is 35.6 Å². The van der Waals surface area contributed by atoms with Gasteiger partial charge in [0.1, 0.15) is 0 Å².